The average molecular weight is 314 g/mol. The van der Waals surface area contributed by atoms with Crippen LogP contribution in [0, 0.1) is 0 Å². The van der Waals surface area contributed by atoms with E-state index in [1.54, 1.807) is 0 Å². The van der Waals surface area contributed by atoms with Crippen LogP contribution >= 0.6 is 0 Å². The van der Waals surface area contributed by atoms with Crippen LogP contribution in [0.5, 0.6) is 0 Å². The van der Waals surface area contributed by atoms with Crippen LogP contribution in [0.15, 0.2) is 23.1 Å². The third-order valence-corrected chi connectivity index (χ3v) is 5.53. The van der Waals surface area contributed by atoms with Gasteiger partial charge in [-0.15, -0.1) is 0 Å². The molecule has 0 heterocycles. The maximum Gasteiger partial charge on any atom is 0.337 e. The van der Waals surface area contributed by atoms with Crippen molar-refractivity contribution in [3.05, 3.63) is 23.8 Å². The van der Waals surface area contributed by atoms with Gasteiger partial charge in [-0.05, 0) is 37.5 Å². The summed E-state index contributed by atoms with van der Waals surface area (Å²) in [7, 11) is -3.96. The summed E-state index contributed by atoms with van der Waals surface area (Å²) in [6.45, 7) is 5.69. The van der Waals surface area contributed by atoms with Crippen LogP contribution in [0.1, 0.15) is 50.4 Å². The maximum absolute atomic E-state index is 12.6. The lowest BCUT2D eigenvalue weighted by Crippen LogP contribution is -2.47. The van der Waals surface area contributed by atoms with Gasteiger partial charge in [0.25, 0.3) is 0 Å². The van der Waals surface area contributed by atoms with Gasteiger partial charge in [-0.3, -0.25) is 0 Å². The van der Waals surface area contributed by atoms with Gasteiger partial charge < -0.3 is 10.8 Å². The van der Waals surface area contributed by atoms with Crippen LogP contribution in [0.2, 0.25) is 0 Å². The van der Waals surface area contributed by atoms with Gasteiger partial charge >= 0.3 is 5.97 Å². The van der Waals surface area contributed by atoms with Gasteiger partial charge in [0.05, 0.1) is 10.5 Å². The standard InChI is InChI=1S/C14H22N2O4S/c1-4-14(5-2,6-3)16-21(19,20)12-9-10(15)7-8-11(12)13(17)18/h7-9,16H,4-6,15H2,1-3H3,(H,17,18). The van der Waals surface area contributed by atoms with Crippen molar-refractivity contribution in [1.82, 2.24) is 4.72 Å². The quantitative estimate of drug-likeness (QED) is 0.668. The number of hydrogen-bond donors (Lipinski definition) is 3. The Hall–Kier alpha value is -1.60. The van der Waals surface area contributed by atoms with Crippen LogP contribution in [-0.2, 0) is 10.0 Å². The minimum Gasteiger partial charge on any atom is -0.478 e. The van der Waals surface area contributed by atoms with Crippen molar-refractivity contribution < 1.29 is 18.3 Å². The Labute approximate surface area is 125 Å². The smallest absolute Gasteiger partial charge is 0.337 e. The fourth-order valence-corrected chi connectivity index (χ4v) is 4.09. The van der Waals surface area contributed by atoms with Crippen LogP contribution in [0.25, 0.3) is 0 Å². The molecule has 21 heavy (non-hydrogen) atoms. The number of nitrogen functional groups attached to an aromatic ring is 1. The zero-order valence-corrected chi connectivity index (χ0v) is 13.3. The van der Waals surface area contributed by atoms with Crippen molar-refractivity contribution in [1.29, 1.82) is 0 Å². The largest absolute Gasteiger partial charge is 0.478 e. The molecule has 0 aliphatic rings. The molecule has 0 fully saturated rings. The summed E-state index contributed by atoms with van der Waals surface area (Å²) in [5.74, 6) is -1.30. The zero-order valence-electron chi connectivity index (χ0n) is 12.5. The van der Waals surface area contributed by atoms with E-state index in [0.717, 1.165) is 0 Å². The molecule has 1 aromatic carbocycles. The summed E-state index contributed by atoms with van der Waals surface area (Å²) in [6, 6.07) is 3.75. The minimum absolute atomic E-state index is 0.204. The number of carboxylic acid groups (broad SMARTS) is 1. The summed E-state index contributed by atoms with van der Waals surface area (Å²) in [6.07, 6.45) is 1.85. The molecule has 1 aromatic rings. The van der Waals surface area contributed by atoms with E-state index >= 15 is 0 Å². The third-order valence-electron chi connectivity index (χ3n) is 3.91. The van der Waals surface area contributed by atoms with Gasteiger partial charge in [0.15, 0.2) is 0 Å². The van der Waals surface area contributed by atoms with E-state index in [0.29, 0.717) is 19.3 Å². The van der Waals surface area contributed by atoms with Crippen LogP contribution < -0.4 is 10.5 Å². The lowest BCUT2D eigenvalue weighted by molar-refractivity contribution is 0.0692. The topological polar surface area (TPSA) is 109 Å². The molecule has 4 N–H and O–H groups in total. The zero-order chi connectivity index (χ0) is 16.3. The van der Waals surface area contributed by atoms with E-state index in [-0.39, 0.29) is 16.1 Å². The molecule has 0 spiro atoms. The van der Waals surface area contributed by atoms with E-state index in [2.05, 4.69) is 4.72 Å². The van der Waals surface area contributed by atoms with Gasteiger partial charge in [-0.1, -0.05) is 20.8 Å². The molecule has 0 aliphatic carbocycles. The Balaban J connectivity index is 3.38. The molecule has 0 radical (unpaired) electrons. The summed E-state index contributed by atoms with van der Waals surface area (Å²) < 4.78 is 27.8. The first-order valence-electron chi connectivity index (χ1n) is 6.88. The first kappa shape index (κ1) is 17.5. The number of nitrogens with one attached hydrogen (secondary N) is 1. The monoisotopic (exact) mass is 314 g/mol. The Morgan fingerprint density at radius 3 is 2.19 bits per heavy atom. The van der Waals surface area contributed by atoms with E-state index in [1.165, 1.54) is 18.2 Å². The van der Waals surface area contributed by atoms with Crippen molar-refractivity contribution in [2.75, 3.05) is 5.73 Å². The predicted octanol–water partition coefficient (Wildman–Crippen LogP) is 2.21. The summed E-state index contributed by atoms with van der Waals surface area (Å²) in [5, 5.41) is 9.16. The molecule has 0 atom stereocenters. The van der Waals surface area contributed by atoms with Crippen molar-refractivity contribution >= 4 is 21.7 Å². The number of hydrogen-bond acceptors (Lipinski definition) is 4. The fourth-order valence-electron chi connectivity index (χ4n) is 2.24. The first-order chi connectivity index (χ1) is 9.71. The Kier molecular flexibility index (Phi) is 5.36. The second-order valence-electron chi connectivity index (χ2n) is 5.01. The summed E-state index contributed by atoms with van der Waals surface area (Å²) >= 11 is 0. The highest BCUT2D eigenvalue weighted by Crippen LogP contribution is 2.25. The number of aromatic carboxylic acids is 1. The normalized spacial score (nSPS) is 12.3. The number of carbonyl (C=O) groups is 1. The molecule has 118 valence electrons. The Morgan fingerprint density at radius 2 is 1.76 bits per heavy atom. The molecule has 1 rings (SSSR count). The Morgan fingerprint density at radius 1 is 1.24 bits per heavy atom. The van der Waals surface area contributed by atoms with E-state index in [4.69, 9.17) is 10.8 Å². The molecule has 0 saturated heterocycles. The molecule has 0 aromatic heterocycles. The van der Waals surface area contributed by atoms with Gasteiger partial charge in [0.1, 0.15) is 0 Å². The predicted molar refractivity (Wildman–Crippen MR) is 81.7 cm³/mol. The van der Waals surface area contributed by atoms with E-state index < -0.39 is 21.5 Å². The molecular formula is C14H22N2O4S. The fraction of sp³-hybridized carbons (Fsp3) is 0.500. The lowest BCUT2D eigenvalue weighted by atomic mass is 9.91. The molecule has 6 nitrogen and oxygen atoms in total. The summed E-state index contributed by atoms with van der Waals surface area (Å²) in [4.78, 5) is 10.9. The SMILES string of the molecule is CCC(CC)(CC)NS(=O)(=O)c1cc(N)ccc1C(=O)O. The summed E-state index contributed by atoms with van der Waals surface area (Å²) in [5.41, 5.74) is 4.94. The highest BCUT2D eigenvalue weighted by Gasteiger charge is 2.32. The van der Waals surface area contributed by atoms with E-state index in [9.17, 15) is 13.2 Å². The number of nitrogens with two attached hydrogens (primary N) is 1. The number of sulfonamides is 1. The number of carboxylic acids is 1. The number of benzene rings is 1. The van der Waals surface area contributed by atoms with Gasteiger partial charge in [-0.25, -0.2) is 17.9 Å². The van der Waals surface area contributed by atoms with Gasteiger partial charge in [0.2, 0.25) is 10.0 Å². The van der Waals surface area contributed by atoms with Gasteiger partial charge in [-0.2, -0.15) is 0 Å². The maximum atomic E-state index is 12.6. The van der Waals surface area contributed by atoms with Crippen molar-refractivity contribution in [3.63, 3.8) is 0 Å². The minimum atomic E-state index is -3.96. The second kappa shape index (κ2) is 6.44. The van der Waals surface area contributed by atoms with Crippen molar-refractivity contribution in [3.8, 4) is 0 Å². The number of rotatable bonds is 7. The molecule has 0 saturated carbocycles. The average Bonchev–Trinajstić information content (AvgIpc) is 2.44. The van der Waals surface area contributed by atoms with Crippen LogP contribution in [0.3, 0.4) is 0 Å². The molecule has 0 aliphatic heterocycles. The highest BCUT2D eigenvalue weighted by molar-refractivity contribution is 7.89. The molecule has 7 heteroatoms. The van der Waals surface area contributed by atoms with Crippen LogP contribution in [0.4, 0.5) is 5.69 Å². The van der Waals surface area contributed by atoms with Crippen LogP contribution in [-0.4, -0.2) is 25.0 Å². The molecular weight excluding hydrogens is 292 g/mol. The third kappa shape index (κ3) is 3.74. The molecule has 0 bridgehead atoms. The lowest BCUT2D eigenvalue weighted by Gasteiger charge is -2.31. The van der Waals surface area contributed by atoms with Crippen molar-refractivity contribution in [2.45, 2.75) is 50.5 Å². The Bertz CT molecular complexity index is 614. The number of anilines is 1. The first-order valence-corrected chi connectivity index (χ1v) is 8.36. The van der Waals surface area contributed by atoms with E-state index in [1.807, 2.05) is 20.8 Å². The van der Waals surface area contributed by atoms with Gasteiger partial charge in [0, 0.05) is 11.2 Å². The van der Waals surface area contributed by atoms with Crippen molar-refractivity contribution in [2.24, 2.45) is 0 Å². The highest BCUT2D eigenvalue weighted by atomic mass is 32.2. The molecule has 0 amide bonds. The molecule has 0 unspecified atom stereocenters. The second-order valence-corrected chi connectivity index (χ2v) is 6.66.